The van der Waals surface area contributed by atoms with Gasteiger partial charge in [-0.15, -0.1) is 0 Å². The molecule has 96 valence electrons. The number of anilines is 1. The van der Waals surface area contributed by atoms with Crippen LogP contribution in [0.25, 0.3) is 11.0 Å². The first kappa shape index (κ1) is 13.4. The molecule has 0 bridgehead atoms. The predicted octanol–water partition coefficient (Wildman–Crippen LogP) is 2.57. The molecule has 0 aliphatic rings. The molecule has 2 aromatic heterocycles. The number of nitrogens with one attached hydrogen (secondary N) is 1. The molecule has 4 nitrogen and oxygen atoms in total. The third-order valence-electron chi connectivity index (χ3n) is 2.47. The van der Waals surface area contributed by atoms with Crippen molar-refractivity contribution in [3.63, 3.8) is 0 Å². The number of hydrogen-bond donors (Lipinski definition) is 1. The molecule has 1 N–H and O–H groups in total. The fourth-order valence-corrected chi connectivity index (χ4v) is 2.52. The molecule has 0 radical (unpaired) electrons. The molecule has 18 heavy (non-hydrogen) atoms. The standard InChI is InChI=1S/C12H14BrN3OS/c1-18(17)6-2-4-14-10-3-5-15-11-7-9(13)8-16-12(10)11/h3,5,7-8H,2,4,6H2,1H3,(H,14,15). The molecule has 0 aliphatic heterocycles. The van der Waals surface area contributed by atoms with Gasteiger partial charge in [-0.3, -0.25) is 14.2 Å². The van der Waals surface area contributed by atoms with Crippen molar-refractivity contribution in [2.24, 2.45) is 0 Å². The molecule has 2 rings (SSSR count). The van der Waals surface area contributed by atoms with Gasteiger partial charge in [0.15, 0.2) is 0 Å². The van der Waals surface area contributed by atoms with Crippen LogP contribution >= 0.6 is 15.9 Å². The maximum absolute atomic E-state index is 11.0. The molecule has 0 aliphatic carbocycles. The van der Waals surface area contributed by atoms with Crippen molar-refractivity contribution in [2.75, 3.05) is 23.9 Å². The topological polar surface area (TPSA) is 54.9 Å². The lowest BCUT2D eigenvalue weighted by Crippen LogP contribution is -2.06. The lowest BCUT2D eigenvalue weighted by molar-refractivity contribution is 0.685. The van der Waals surface area contributed by atoms with Gasteiger partial charge in [-0.25, -0.2) is 0 Å². The van der Waals surface area contributed by atoms with Gasteiger partial charge in [0.2, 0.25) is 0 Å². The average molecular weight is 328 g/mol. The first-order valence-electron chi connectivity index (χ1n) is 5.61. The zero-order valence-electron chi connectivity index (χ0n) is 10.0. The minimum Gasteiger partial charge on any atom is -0.383 e. The van der Waals surface area contributed by atoms with Crippen molar-refractivity contribution in [3.05, 3.63) is 29.0 Å². The van der Waals surface area contributed by atoms with Crippen molar-refractivity contribution in [1.29, 1.82) is 0 Å². The Kier molecular flexibility index (Phi) is 4.66. The minimum atomic E-state index is -0.728. The highest BCUT2D eigenvalue weighted by atomic mass is 79.9. The van der Waals surface area contributed by atoms with Crippen LogP contribution in [0.5, 0.6) is 0 Å². The fraction of sp³-hybridized carbons (Fsp3) is 0.333. The Morgan fingerprint density at radius 2 is 2.28 bits per heavy atom. The number of nitrogens with zero attached hydrogens (tertiary/aromatic N) is 2. The number of rotatable bonds is 5. The summed E-state index contributed by atoms with van der Waals surface area (Å²) < 4.78 is 11.9. The number of aromatic nitrogens is 2. The summed E-state index contributed by atoms with van der Waals surface area (Å²) in [5.41, 5.74) is 2.68. The van der Waals surface area contributed by atoms with Crippen LogP contribution < -0.4 is 5.32 Å². The Morgan fingerprint density at radius 1 is 1.44 bits per heavy atom. The van der Waals surface area contributed by atoms with Crippen LogP contribution in [0.3, 0.4) is 0 Å². The quantitative estimate of drug-likeness (QED) is 0.857. The Labute approximate surface area is 117 Å². The van der Waals surface area contributed by atoms with Crippen LogP contribution in [0.1, 0.15) is 6.42 Å². The van der Waals surface area contributed by atoms with Gasteiger partial charge in [-0.2, -0.15) is 0 Å². The van der Waals surface area contributed by atoms with Crippen molar-refractivity contribution in [2.45, 2.75) is 6.42 Å². The second-order valence-electron chi connectivity index (χ2n) is 3.94. The molecule has 2 aromatic rings. The van der Waals surface area contributed by atoms with E-state index in [9.17, 15) is 4.21 Å². The molecule has 0 saturated heterocycles. The molecule has 0 amide bonds. The van der Waals surface area contributed by atoms with Gasteiger partial charge in [-0.1, -0.05) is 0 Å². The minimum absolute atomic E-state index is 0.717. The van der Waals surface area contributed by atoms with Gasteiger partial charge in [-0.05, 0) is 34.5 Å². The van der Waals surface area contributed by atoms with Crippen LogP contribution in [0.15, 0.2) is 29.0 Å². The second-order valence-corrected chi connectivity index (χ2v) is 6.41. The number of pyridine rings is 2. The predicted molar refractivity (Wildman–Crippen MR) is 79.3 cm³/mol. The second kappa shape index (κ2) is 6.24. The third-order valence-corrected chi connectivity index (χ3v) is 3.77. The van der Waals surface area contributed by atoms with Crippen LogP contribution in [0.4, 0.5) is 5.69 Å². The van der Waals surface area contributed by atoms with Gasteiger partial charge in [0.25, 0.3) is 0 Å². The summed E-state index contributed by atoms with van der Waals surface area (Å²) in [6.07, 6.45) is 6.12. The molecule has 0 spiro atoms. The Morgan fingerprint density at radius 3 is 3.06 bits per heavy atom. The lowest BCUT2D eigenvalue weighted by Gasteiger charge is -2.08. The lowest BCUT2D eigenvalue weighted by atomic mass is 10.3. The van der Waals surface area contributed by atoms with Gasteiger partial charge in [0, 0.05) is 46.2 Å². The average Bonchev–Trinajstić information content (AvgIpc) is 2.34. The summed E-state index contributed by atoms with van der Waals surface area (Å²) >= 11 is 3.38. The van der Waals surface area contributed by atoms with E-state index in [4.69, 9.17) is 0 Å². The van der Waals surface area contributed by atoms with E-state index in [1.807, 2.05) is 12.1 Å². The third kappa shape index (κ3) is 3.49. The van der Waals surface area contributed by atoms with E-state index in [0.717, 1.165) is 39.9 Å². The van der Waals surface area contributed by atoms with Gasteiger partial charge < -0.3 is 5.32 Å². The summed E-state index contributed by atoms with van der Waals surface area (Å²) in [7, 11) is -0.728. The van der Waals surface area contributed by atoms with Crippen LogP contribution in [0.2, 0.25) is 0 Å². The Hall–Kier alpha value is -1.01. The highest BCUT2D eigenvalue weighted by molar-refractivity contribution is 9.10. The maximum atomic E-state index is 11.0. The summed E-state index contributed by atoms with van der Waals surface area (Å²) in [6.45, 7) is 0.788. The van der Waals surface area contributed by atoms with Gasteiger partial charge >= 0.3 is 0 Å². The SMILES string of the molecule is CS(=O)CCCNc1ccnc2cc(Br)cnc12. The van der Waals surface area contributed by atoms with Crippen LogP contribution in [-0.2, 0) is 10.8 Å². The highest BCUT2D eigenvalue weighted by Gasteiger charge is 2.03. The molecule has 1 unspecified atom stereocenters. The van der Waals surface area contributed by atoms with Crippen molar-refractivity contribution < 1.29 is 4.21 Å². The van der Waals surface area contributed by atoms with Gasteiger partial charge in [0.05, 0.1) is 11.2 Å². The molecule has 0 saturated carbocycles. The van der Waals surface area contributed by atoms with Crippen molar-refractivity contribution in [3.8, 4) is 0 Å². The fourth-order valence-electron chi connectivity index (χ4n) is 1.65. The van der Waals surface area contributed by atoms with E-state index >= 15 is 0 Å². The number of fused-ring (bicyclic) bond motifs is 1. The molecule has 6 heteroatoms. The first-order valence-corrected chi connectivity index (χ1v) is 8.13. The highest BCUT2D eigenvalue weighted by Crippen LogP contribution is 2.21. The smallest absolute Gasteiger partial charge is 0.112 e. The van der Waals surface area contributed by atoms with E-state index in [1.165, 1.54) is 0 Å². The zero-order valence-corrected chi connectivity index (χ0v) is 12.4. The molecule has 0 aromatic carbocycles. The summed E-state index contributed by atoms with van der Waals surface area (Å²) in [6, 6.07) is 3.85. The van der Waals surface area contributed by atoms with E-state index < -0.39 is 10.8 Å². The van der Waals surface area contributed by atoms with Gasteiger partial charge in [0.1, 0.15) is 5.52 Å². The normalized spacial score (nSPS) is 12.6. The van der Waals surface area contributed by atoms with E-state index in [2.05, 4.69) is 31.2 Å². The van der Waals surface area contributed by atoms with E-state index in [1.54, 1.807) is 18.6 Å². The number of halogens is 1. The maximum Gasteiger partial charge on any atom is 0.112 e. The molecule has 0 fully saturated rings. The van der Waals surface area contributed by atoms with Crippen LogP contribution in [-0.4, -0.2) is 32.7 Å². The largest absolute Gasteiger partial charge is 0.383 e. The zero-order chi connectivity index (χ0) is 13.0. The first-order chi connectivity index (χ1) is 8.66. The van der Waals surface area contributed by atoms with Crippen molar-refractivity contribution >= 4 is 43.5 Å². The molecular weight excluding hydrogens is 314 g/mol. The van der Waals surface area contributed by atoms with E-state index in [-0.39, 0.29) is 0 Å². The Balaban J connectivity index is 2.11. The summed E-state index contributed by atoms with van der Waals surface area (Å²) in [4.78, 5) is 8.64. The molecule has 2 heterocycles. The number of hydrogen-bond acceptors (Lipinski definition) is 4. The Bertz CT molecular complexity index is 576. The molecule has 1 atom stereocenters. The summed E-state index contributed by atoms with van der Waals surface area (Å²) in [5, 5.41) is 3.31. The van der Waals surface area contributed by atoms with Crippen LogP contribution in [0, 0.1) is 0 Å². The monoisotopic (exact) mass is 327 g/mol. The van der Waals surface area contributed by atoms with E-state index in [0.29, 0.717) is 0 Å². The summed E-state index contributed by atoms with van der Waals surface area (Å²) in [5.74, 6) is 0.717. The van der Waals surface area contributed by atoms with Crippen molar-refractivity contribution in [1.82, 2.24) is 9.97 Å². The molecular formula is C12H14BrN3OS.